The largest absolute Gasteiger partial charge is 0.370 e. The molecule has 2 heterocycles. The minimum atomic E-state index is -1.27. The summed E-state index contributed by atoms with van der Waals surface area (Å²) in [6.07, 6.45) is 0.572. The molecule has 0 spiro atoms. The molecule has 0 fully saturated rings. The summed E-state index contributed by atoms with van der Waals surface area (Å²) in [4.78, 5) is 22.4. The Labute approximate surface area is 153 Å². The fourth-order valence-electron chi connectivity index (χ4n) is 2.71. The first-order chi connectivity index (χ1) is 12.8. The number of anilines is 1. The molecule has 0 unspecified atom stereocenters. The van der Waals surface area contributed by atoms with Gasteiger partial charge in [-0.25, -0.2) is 23.1 Å². The highest BCUT2D eigenvalue weighted by molar-refractivity contribution is 5.58. The third-order valence-corrected chi connectivity index (χ3v) is 3.86. The van der Waals surface area contributed by atoms with Crippen LogP contribution in [0, 0.1) is 31.3 Å². The summed E-state index contributed by atoms with van der Waals surface area (Å²) in [5.41, 5.74) is 1.79. The summed E-state index contributed by atoms with van der Waals surface area (Å²) in [6, 6.07) is 6.25. The summed E-state index contributed by atoms with van der Waals surface area (Å²) >= 11 is 0. The lowest BCUT2D eigenvalue weighted by molar-refractivity contribution is 0.496. The van der Waals surface area contributed by atoms with Crippen LogP contribution in [0.2, 0.25) is 0 Å². The van der Waals surface area contributed by atoms with Crippen molar-refractivity contribution in [2.75, 3.05) is 11.9 Å². The maximum Gasteiger partial charge on any atom is 0.248 e. The van der Waals surface area contributed by atoms with Crippen LogP contribution in [-0.2, 0) is 6.42 Å². The zero-order valence-corrected chi connectivity index (χ0v) is 14.7. The van der Waals surface area contributed by atoms with Crippen LogP contribution < -0.4 is 10.9 Å². The fourth-order valence-corrected chi connectivity index (χ4v) is 2.71. The molecule has 8 heteroatoms. The van der Waals surface area contributed by atoms with E-state index in [1.54, 1.807) is 19.9 Å². The first-order valence-corrected chi connectivity index (χ1v) is 8.26. The third-order valence-electron chi connectivity index (χ3n) is 3.86. The van der Waals surface area contributed by atoms with Crippen LogP contribution in [0.4, 0.5) is 19.0 Å². The molecule has 27 heavy (non-hydrogen) atoms. The van der Waals surface area contributed by atoms with Gasteiger partial charge < -0.3 is 10.3 Å². The molecular weight excluding hydrogens is 357 g/mol. The van der Waals surface area contributed by atoms with Crippen molar-refractivity contribution in [3.63, 3.8) is 0 Å². The Morgan fingerprint density at radius 3 is 2.44 bits per heavy atom. The molecule has 0 amide bonds. The standard InChI is InChI=1S/C19H17F3N4O/c1-10-5-12(7-18(27)24-10)3-4-23-17-6-11(2)25-19(26-17)13-8-15(21)16(22)9-14(13)20/h5-9H,3-4H2,1-2H3,(H,24,27)(H,23,25,26). The number of aromatic amines is 1. The molecule has 1 aromatic carbocycles. The van der Waals surface area contributed by atoms with Crippen molar-refractivity contribution >= 4 is 5.82 Å². The molecule has 0 bridgehead atoms. The van der Waals surface area contributed by atoms with Crippen LogP contribution in [0.25, 0.3) is 11.4 Å². The number of halogens is 3. The molecule has 5 nitrogen and oxygen atoms in total. The van der Waals surface area contributed by atoms with Crippen molar-refractivity contribution in [1.29, 1.82) is 0 Å². The fraction of sp³-hybridized carbons (Fsp3) is 0.211. The number of rotatable bonds is 5. The van der Waals surface area contributed by atoms with Crippen molar-refractivity contribution in [2.24, 2.45) is 0 Å². The summed E-state index contributed by atoms with van der Waals surface area (Å²) in [7, 11) is 0. The van der Waals surface area contributed by atoms with Crippen molar-refractivity contribution in [3.05, 3.63) is 75.1 Å². The Morgan fingerprint density at radius 1 is 0.963 bits per heavy atom. The van der Waals surface area contributed by atoms with Gasteiger partial charge in [-0.2, -0.15) is 0 Å². The van der Waals surface area contributed by atoms with E-state index in [1.807, 2.05) is 6.07 Å². The number of benzene rings is 1. The number of nitrogens with one attached hydrogen (secondary N) is 2. The lowest BCUT2D eigenvalue weighted by Gasteiger charge is -2.10. The second kappa shape index (κ2) is 7.61. The van der Waals surface area contributed by atoms with E-state index < -0.39 is 17.5 Å². The molecule has 2 N–H and O–H groups in total. The number of hydrogen-bond donors (Lipinski definition) is 2. The molecule has 140 valence electrons. The molecule has 0 aliphatic carbocycles. The van der Waals surface area contributed by atoms with Crippen LogP contribution in [0.5, 0.6) is 0 Å². The van der Waals surface area contributed by atoms with E-state index in [0.717, 1.165) is 17.3 Å². The zero-order valence-electron chi connectivity index (χ0n) is 14.7. The monoisotopic (exact) mass is 374 g/mol. The van der Waals surface area contributed by atoms with Crippen molar-refractivity contribution in [2.45, 2.75) is 20.3 Å². The lowest BCUT2D eigenvalue weighted by atomic mass is 10.1. The third kappa shape index (κ3) is 4.52. The maximum atomic E-state index is 14.0. The average Bonchev–Trinajstić information content (AvgIpc) is 2.57. The van der Waals surface area contributed by atoms with Crippen molar-refractivity contribution in [3.8, 4) is 11.4 Å². The molecule has 0 aliphatic heterocycles. The number of aromatic nitrogens is 3. The van der Waals surface area contributed by atoms with Crippen LogP contribution in [0.3, 0.4) is 0 Å². The second-order valence-corrected chi connectivity index (χ2v) is 6.18. The van der Waals surface area contributed by atoms with Gasteiger partial charge in [0.05, 0.1) is 5.56 Å². The predicted octanol–water partition coefficient (Wildman–Crippen LogP) is 3.52. The Bertz CT molecular complexity index is 1050. The van der Waals surface area contributed by atoms with E-state index in [0.29, 0.717) is 30.5 Å². The molecule has 3 rings (SSSR count). The highest BCUT2D eigenvalue weighted by atomic mass is 19.2. The number of H-pyrrole nitrogens is 1. The van der Waals surface area contributed by atoms with Crippen LogP contribution in [0.1, 0.15) is 17.0 Å². The van der Waals surface area contributed by atoms with Gasteiger partial charge in [-0.3, -0.25) is 4.79 Å². The van der Waals surface area contributed by atoms with Crippen LogP contribution >= 0.6 is 0 Å². The molecular formula is C19H17F3N4O. The highest BCUT2D eigenvalue weighted by Gasteiger charge is 2.15. The summed E-state index contributed by atoms with van der Waals surface area (Å²) in [5.74, 6) is -3.00. The summed E-state index contributed by atoms with van der Waals surface area (Å²) in [5, 5.41) is 3.07. The number of pyridine rings is 1. The Balaban J connectivity index is 1.79. The van der Waals surface area contributed by atoms with Gasteiger partial charge in [0.15, 0.2) is 17.5 Å². The zero-order chi connectivity index (χ0) is 19.6. The van der Waals surface area contributed by atoms with E-state index in [4.69, 9.17) is 0 Å². The molecule has 0 aliphatic rings. The first kappa shape index (κ1) is 18.6. The SMILES string of the molecule is Cc1cc(NCCc2cc(C)[nH]c(=O)c2)nc(-c2cc(F)c(F)cc2F)n1. The van der Waals surface area contributed by atoms with Crippen molar-refractivity contribution in [1.82, 2.24) is 15.0 Å². The topological polar surface area (TPSA) is 70.7 Å². The minimum Gasteiger partial charge on any atom is -0.370 e. The number of aryl methyl sites for hydroxylation is 2. The van der Waals surface area contributed by atoms with Gasteiger partial charge >= 0.3 is 0 Å². The first-order valence-electron chi connectivity index (χ1n) is 8.26. The van der Waals surface area contributed by atoms with E-state index in [9.17, 15) is 18.0 Å². The molecule has 0 radical (unpaired) electrons. The Morgan fingerprint density at radius 2 is 1.70 bits per heavy atom. The van der Waals surface area contributed by atoms with E-state index >= 15 is 0 Å². The highest BCUT2D eigenvalue weighted by Crippen LogP contribution is 2.24. The molecule has 2 aromatic heterocycles. The normalized spacial score (nSPS) is 10.9. The molecule has 3 aromatic rings. The quantitative estimate of drug-likeness (QED) is 0.671. The van der Waals surface area contributed by atoms with Gasteiger partial charge in [-0.1, -0.05) is 0 Å². The minimum absolute atomic E-state index is 0.0408. The van der Waals surface area contributed by atoms with Crippen LogP contribution in [-0.4, -0.2) is 21.5 Å². The van der Waals surface area contributed by atoms with Gasteiger partial charge in [-0.15, -0.1) is 0 Å². The number of hydrogen-bond acceptors (Lipinski definition) is 4. The second-order valence-electron chi connectivity index (χ2n) is 6.18. The van der Waals surface area contributed by atoms with Gasteiger partial charge in [0.1, 0.15) is 11.6 Å². The van der Waals surface area contributed by atoms with Gasteiger partial charge in [0, 0.05) is 36.1 Å². The molecule has 0 atom stereocenters. The maximum absolute atomic E-state index is 14.0. The van der Waals surface area contributed by atoms with Gasteiger partial charge in [0.25, 0.3) is 0 Å². The van der Waals surface area contributed by atoms with Crippen molar-refractivity contribution < 1.29 is 13.2 Å². The lowest BCUT2D eigenvalue weighted by Crippen LogP contribution is -2.12. The van der Waals surface area contributed by atoms with Gasteiger partial charge in [0.2, 0.25) is 5.56 Å². The Kier molecular flexibility index (Phi) is 5.25. The summed E-state index contributed by atoms with van der Waals surface area (Å²) < 4.78 is 40.6. The average molecular weight is 374 g/mol. The van der Waals surface area contributed by atoms with Gasteiger partial charge in [-0.05, 0) is 38.0 Å². The predicted molar refractivity (Wildman–Crippen MR) is 96.1 cm³/mol. The van der Waals surface area contributed by atoms with E-state index in [2.05, 4.69) is 20.3 Å². The van der Waals surface area contributed by atoms with E-state index in [-0.39, 0.29) is 16.9 Å². The van der Waals surface area contributed by atoms with E-state index in [1.165, 1.54) is 6.07 Å². The Hall–Kier alpha value is -3.16. The smallest absolute Gasteiger partial charge is 0.248 e. The van der Waals surface area contributed by atoms with Crippen LogP contribution in [0.15, 0.2) is 35.1 Å². The molecule has 0 saturated heterocycles. The number of nitrogens with zero attached hydrogens (tertiary/aromatic N) is 2. The summed E-state index contributed by atoms with van der Waals surface area (Å²) in [6.45, 7) is 3.96. The molecule has 0 saturated carbocycles.